The number of hydrogen-bond acceptors (Lipinski definition) is 3. The Kier molecular flexibility index (Phi) is 3.46. The quantitative estimate of drug-likeness (QED) is 0.625. The third-order valence-electron chi connectivity index (χ3n) is 2.62. The summed E-state index contributed by atoms with van der Waals surface area (Å²) < 4.78 is 4.92. The zero-order valence-corrected chi connectivity index (χ0v) is 8.21. The molecule has 0 N–H and O–H groups in total. The Bertz CT molecular complexity index is 210. The Morgan fingerprint density at radius 2 is 2.15 bits per heavy atom. The average Bonchev–Trinajstić information content (AvgIpc) is 2.47. The Balaban J connectivity index is 2.57. The molecule has 0 aliphatic heterocycles. The van der Waals surface area contributed by atoms with Gasteiger partial charge in [-0.15, -0.1) is 0 Å². The number of rotatable bonds is 3. The van der Waals surface area contributed by atoms with E-state index in [2.05, 4.69) is 0 Å². The van der Waals surface area contributed by atoms with Crippen molar-refractivity contribution in [3.8, 4) is 0 Å². The van der Waals surface area contributed by atoms with Crippen molar-refractivity contribution < 1.29 is 14.3 Å². The van der Waals surface area contributed by atoms with Gasteiger partial charge in [0.25, 0.3) is 0 Å². The van der Waals surface area contributed by atoms with E-state index in [0.717, 1.165) is 6.42 Å². The summed E-state index contributed by atoms with van der Waals surface area (Å²) in [6.07, 6.45) is 1.83. The Labute approximate surface area is 78.5 Å². The minimum Gasteiger partial charge on any atom is -0.466 e. The molecular weight excluding hydrogens is 168 g/mol. The maximum atomic E-state index is 11.4. The maximum absolute atomic E-state index is 11.4. The topological polar surface area (TPSA) is 43.4 Å². The minimum atomic E-state index is -0.194. The van der Waals surface area contributed by atoms with Gasteiger partial charge in [0, 0.05) is 12.8 Å². The molecule has 0 unspecified atom stereocenters. The number of hydrogen-bond donors (Lipinski definition) is 0. The molecule has 74 valence electrons. The van der Waals surface area contributed by atoms with Crippen LogP contribution in [0.5, 0.6) is 0 Å². The molecule has 1 saturated carbocycles. The van der Waals surface area contributed by atoms with Gasteiger partial charge in [0.15, 0.2) is 0 Å². The summed E-state index contributed by atoms with van der Waals surface area (Å²) >= 11 is 0. The van der Waals surface area contributed by atoms with E-state index in [1.165, 1.54) is 0 Å². The van der Waals surface area contributed by atoms with Crippen molar-refractivity contribution in [1.29, 1.82) is 0 Å². The first kappa shape index (κ1) is 10.2. The van der Waals surface area contributed by atoms with Crippen molar-refractivity contribution >= 4 is 11.8 Å². The summed E-state index contributed by atoms with van der Waals surface area (Å²) in [4.78, 5) is 22.5. The molecule has 0 aromatic rings. The molecular formula is C10H16O3. The molecule has 0 aromatic carbocycles. The predicted octanol–water partition coefficient (Wildman–Crippen LogP) is 1.55. The van der Waals surface area contributed by atoms with Gasteiger partial charge in [0.2, 0.25) is 0 Å². The summed E-state index contributed by atoms with van der Waals surface area (Å²) in [7, 11) is 0. The van der Waals surface area contributed by atoms with Gasteiger partial charge in [-0.25, -0.2) is 0 Å². The highest BCUT2D eigenvalue weighted by Crippen LogP contribution is 2.32. The number of ether oxygens (including phenoxy) is 1. The van der Waals surface area contributed by atoms with Crippen LogP contribution in [-0.4, -0.2) is 18.4 Å². The Morgan fingerprint density at radius 3 is 2.69 bits per heavy atom. The molecule has 0 saturated heterocycles. The second-order valence-electron chi connectivity index (χ2n) is 3.47. The second kappa shape index (κ2) is 4.40. The van der Waals surface area contributed by atoms with Crippen LogP contribution >= 0.6 is 0 Å². The summed E-state index contributed by atoms with van der Waals surface area (Å²) in [6.45, 7) is 4.20. The Hall–Kier alpha value is -0.860. The molecule has 1 fully saturated rings. The normalized spacial score (nSPS) is 27.7. The molecule has 0 heterocycles. The van der Waals surface area contributed by atoms with Crippen molar-refractivity contribution in [1.82, 2.24) is 0 Å². The fourth-order valence-electron chi connectivity index (χ4n) is 1.88. The summed E-state index contributed by atoms with van der Waals surface area (Å²) in [6, 6.07) is 0. The van der Waals surface area contributed by atoms with E-state index in [1.807, 2.05) is 6.92 Å². The molecule has 2 atom stereocenters. The maximum Gasteiger partial charge on any atom is 0.309 e. The van der Waals surface area contributed by atoms with E-state index in [1.54, 1.807) is 6.92 Å². The van der Waals surface area contributed by atoms with Crippen molar-refractivity contribution in [2.45, 2.75) is 33.1 Å². The highest BCUT2D eigenvalue weighted by atomic mass is 16.5. The number of esters is 1. The van der Waals surface area contributed by atoms with E-state index >= 15 is 0 Å². The lowest BCUT2D eigenvalue weighted by molar-refractivity contribution is -0.149. The highest BCUT2D eigenvalue weighted by Gasteiger charge is 2.37. The average molecular weight is 184 g/mol. The van der Waals surface area contributed by atoms with Crippen molar-refractivity contribution in [2.24, 2.45) is 11.8 Å². The lowest BCUT2D eigenvalue weighted by Crippen LogP contribution is -2.21. The zero-order chi connectivity index (χ0) is 9.84. The first-order chi connectivity index (χ1) is 6.19. The van der Waals surface area contributed by atoms with Crippen LogP contribution in [0.2, 0.25) is 0 Å². The molecule has 3 nitrogen and oxygen atoms in total. The Morgan fingerprint density at radius 1 is 1.46 bits per heavy atom. The van der Waals surface area contributed by atoms with Crippen molar-refractivity contribution in [3.63, 3.8) is 0 Å². The van der Waals surface area contributed by atoms with E-state index in [0.29, 0.717) is 19.4 Å². The molecule has 13 heavy (non-hydrogen) atoms. The standard InChI is InChI=1S/C10H16O3/c1-3-7-5-8(11)6-9(7)10(12)13-4-2/h7,9H,3-6H2,1-2H3/t7-,9+/m0/s1. The highest BCUT2D eigenvalue weighted by molar-refractivity contribution is 5.88. The number of ketones is 1. The zero-order valence-electron chi connectivity index (χ0n) is 8.21. The van der Waals surface area contributed by atoms with E-state index < -0.39 is 0 Å². The van der Waals surface area contributed by atoms with Gasteiger partial charge >= 0.3 is 5.97 Å². The molecule has 0 spiro atoms. The molecule has 0 radical (unpaired) electrons. The lowest BCUT2D eigenvalue weighted by atomic mass is 9.94. The first-order valence-corrected chi connectivity index (χ1v) is 4.87. The van der Waals surface area contributed by atoms with Crippen LogP contribution in [-0.2, 0) is 14.3 Å². The summed E-state index contributed by atoms with van der Waals surface area (Å²) in [5, 5.41) is 0. The van der Waals surface area contributed by atoms with Crippen LogP contribution in [0.3, 0.4) is 0 Å². The van der Waals surface area contributed by atoms with E-state index in [-0.39, 0.29) is 23.6 Å². The molecule has 0 bridgehead atoms. The van der Waals surface area contributed by atoms with Crippen LogP contribution in [0.15, 0.2) is 0 Å². The molecule has 3 heteroatoms. The molecule has 1 rings (SSSR count). The SMILES string of the molecule is CCOC(=O)[C@@H]1CC(=O)C[C@@H]1CC. The fraction of sp³-hybridized carbons (Fsp3) is 0.800. The minimum absolute atomic E-state index is 0.169. The number of Topliss-reactive ketones (excluding diaryl/α,β-unsaturated/α-hetero) is 1. The third kappa shape index (κ3) is 2.29. The summed E-state index contributed by atoms with van der Waals surface area (Å²) in [5.74, 6) is 0.0501. The van der Waals surface area contributed by atoms with Crippen molar-refractivity contribution in [3.05, 3.63) is 0 Å². The van der Waals surface area contributed by atoms with Crippen LogP contribution in [0.4, 0.5) is 0 Å². The fourth-order valence-corrected chi connectivity index (χ4v) is 1.88. The van der Waals surface area contributed by atoms with Gasteiger partial charge in [0.1, 0.15) is 5.78 Å². The van der Waals surface area contributed by atoms with Gasteiger partial charge in [-0.3, -0.25) is 9.59 Å². The molecule has 1 aliphatic carbocycles. The van der Waals surface area contributed by atoms with Gasteiger partial charge < -0.3 is 4.74 Å². The van der Waals surface area contributed by atoms with Gasteiger partial charge in [-0.1, -0.05) is 13.3 Å². The van der Waals surface area contributed by atoms with Crippen LogP contribution in [0.25, 0.3) is 0 Å². The smallest absolute Gasteiger partial charge is 0.309 e. The van der Waals surface area contributed by atoms with Gasteiger partial charge in [0.05, 0.1) is 12.5 Å². The second-order valence-corrected chi connectivity index (χ2v) is 3.47. The first-order valence-electron chi connectivity index (χ1n) is 4.87. The van der Waals surface area contributed by atoms with Gasteiger partial charge in [-0.05, 0) is 12.8 Å². The van der Waals surface area contributed by atoms with E-state index in [4.69, 9.17) is 4.74 Å². The van der Waals surface area contributed by atoms with Crippen LogP contribution in [0, 0.1) is 11.8 Å². The molecule has 0 aromatic heterocycles. The number of carbonyl (C=O) groups excluding carboxylic acids is 2. The number of carbonyl (C=O) groups is 2. The van der Waals surface area contributed by atoms with E-state index in [9.17, 15) is 9.59 Å². The third-order valence-corrected chi connectivity index (χ3v) is 2.62. The summed E-state index contributed by atoms with van der Waals surface area (Å²) in [5.41, 5.74) is 0. The molecule has 0 amide bonds. The lowest BCUT2D eigenvalue weighted by Gasteiger charge is -2.14. The monoisotopic (exact) mass is 184 g/mol. The van der Waals surface area contributed by atoms with Gasteiger partial charge in [-0.2, -0.15) is 0 Å². The molecule has 1 aliphatic rings. The van der Waals surface area contributed by atoms with Crippen LogP contribution < -0.4 is 0 Å². The predicted molar refractivity (Wildman–Crippen MR) is 48.1 cm³/mol. The van der Waals surface area contributed by atoms with Crippen LogP contribution in [0.1, 0.15) is 33.1 Å². The van der Waals surface area contributed by atoms with Crippen molar-refractivity contribution in [2.75, 3.05) is 6.61 Å². The largest absolute Gasteiger partial charge is 0.466 e.